The number of nitrogens with one attached hydrogen (secondary N) is 1. The van der Waals surface area contributed by atoms with Gasteiger partial charge in [0.1, 0.15) is 5.52 Å². The quantitative estimate of drug-likeness (QED) is 0.596. The Kier molecular flexibility index (Phi) is 5.23. The molecule has 4 rings (SSSR count). The second-order valence-electron chi connectivity index (χ2n) is 7.63. The number of aryl methyl sites for hydroxylation is 1. The Hall–Kier alpha value is -2.62. The first kappa shape index (κ1) is 17.8. The lowest BCUT2D eigenvalue weighted by molar-refractivity contribution is -0.116. The second-order valence-corrected chi connectivity index (χ2v) is 7.63. The average molecular weight is 362 g/mol. The molecule has 0 bridgehead atoms. The number of hydrogen-bond donors (Lipinski definition) is 1. The minimum absolute atomic E-state index is 0.0694. The van der Waals surface area contributed by atoms with E-state index in [-0.39, 0.29) is 5.91 Å². The largest absolute Gasteiger partial charge is 0.436 e. The first-order chi connectivity index (χ1) is 13.2. The fraction of sp³-hybridized carbons (Fsp3) is 0.391. The van der Waals surface area contributed by atoms with Crippen LogP contribution in [-0.2, 0) is 4.79 Å². The van der Waals surface area contributed by atoms with Gasteiger partial charge in [-0.15, -0.1) is 0 Å². The lowest BCUT2D eigenvalue weighted by Crippen LogP contribution is -2.15. The van der Waals surface area contributed by atoms with Crippen molar-refractivity contribution in [3.63, 3.8) is 0 Å². The molecule has 2 aromatic carbocycles. The van der Waals surface area contributed by atoms with E-state index in [2.05, 4.69) is 10.3 Å². The van der Waals surface area contributed by atoms with Crippen LogP contribution in [0, 0.1) is 12.8 Å². The van der Waals surface area contributed by atoms with E-state index in [0.717, 1.165) is 34.3 Å². The predicted molar refractivity (Wildman–Crippen MR) is 109 cm³/mol. The molecule has 1 amide bonds. The Morgan fingerprint density at radius 1 is 1.15 bits per heavy atom. The zero-order chi connectivity index (χ0) is 18.6. The van der Waals surface area contributed by atoms with E-state index in [0.29, 0.717) is 18.2 Å². The van der Waals surface area contributed by atoms with E-state index in [9.17, 15) is 4.79 Å². The molecule has 0 spiro atoms. The number of nitrogens with zero attached hydrogens (tertiary/aromatic N) is 1. The van der Waals surface area contributed by atoms with Crippen LogP contribution in [0.15, 0.2) is 46.9 Å². The van der Waals surface area contributed by atoms with Gasteiger partial charge in [0.05, 0.1) is 11.3 Å². The number of oxazole rings is 1. The number of fused-ring (bicyclic) bond motifs is 1. The number of para-hydroxylation sites is 1. The van der Waals surface area contributed by atoms with Crippen LogP contribution in [0.3, 0.4) is 0 Å². The van der Waals surface area contributed by atoms with Crippen LogP contribution in [0.1, 0.15) is 50.5 Å². The summed E-state index contributed by atoms with van der Waals surface area (Å²) in [4.78, 5) is 17.1. The summed E-state index contributed by atoms with van der Waals surface area (Å²) in [6, 6.07) is 13.7. The minimum Gasteiger partial charge on any atom is -0.436 e. The van der Waals surface area contributed by atoms with Gasteiger partial charge in [0.2, 0.25) is 11.8 Å². The molecule has 0 saturated heterocycles. The average Bonchev–Trinajstić information content (AvgIpc) is 3.10. The van der Waals surface area contributed by atoms with Gasteiger partial charge in [-0.05, 0) is 49.1 Å². The smallest absolute Gasteiger partial charge is 0.229 e. The molecule has 0 aliphatic heterocycles. The summed E-state index contributed by atoms with van der Waals surface area (Å²) in [5, 5.41) is 3.07. The van der Waals surface area contributed by atoms with Gasteiger partial charge in [-0.1, -0.05) is 50.3 Å². The molecule has 1 heterocycles. The predicted octanol–water partition coefficient (Wildman–Crippen LogP) is 6.10. The van der Waals surface area contributed by atoms with Crippen LogP contribution >= 0.6 is 0 Å². The van der Waals surface area contributed by atoms with Gasteiger partial charge in [0, 0.05) is 6.42 Å². The Bertz CT molecular complexity index is 938. The number of benzene rings is 2. The maximum Gasteiger partial charge on any atom is 0.229 e. The molecule has 1 aliphatic rings. The van der Waals surface area contributed by atoms with E-state index < -0.39 is 0 Å². The normalized spacial score (nSPS) is 15.1. The van der Waals surface area contributed by atoms with Gasteiger partial charge in [-0.3, -0.25) is 4.79 Å². The van der Waals surface area contributed by atoms with Crippen molar-refractivity contribution in [2.24, 2.45) is 5.92 Å². The molecule has 0 atom stereocenters. The van der Waals surface area contributed by atoms with Crippen LogP contribution in [0.2, 0.25) is 0 Å². The highest BCUT2D eigenvalue weighted by Gasteiger charge is 2.17. The Morgan fingerprint density at radius 3 is 2.81 bits per heavy atom. The third kappa shape index (κ3) is 4.21. The Labute approximate surface area is 160 Å². The maximum absolute atomic E-state index is 12.5. The molecule has 0 radical (unpaired) electrons. The number of hydrogen-bond acceptors (Lipinski definition) is 3. The molecule has 1 aliphatic carbocycles. The van der Waals surface area contributed by atoms with Crippen molar-refractivity contribution in [2.75, 3.05) is 5.32 Å². The molecule has 27 heavy (non-hydrogen) atoms. The highest BCUT2D eigenvalue weighted by Crippen LogP contribution is 2.31. The van der Waals surface area contributed by atoms with Gasteiger partial charge < -0.3 is 9.73 Å². The third-order valence-electron chi connectivity index (χ3n) is 5.48. The molecule has 4 heteroatoms. The summed E-state index contributed by atoms with van der Waals surface area (Å²) in [6.45, 7) is 2.04. The van der Waals surface area contributed by atoms with Crippen molar-refractivity contribution in [3.8, 4) is 11.5 Å². The number of amides is 1. The molecular weight excluding hydrogens is 336 g/mol. The molecule has 1 aromatic heterocycles. The molecule has 140 valence electrons. The minimum atomic E-state index is 0.0694. The van der Waals surface area contributed by atoms with Crippen molar-refractivity contribution in [1.82, 2.24) is 4.98 Å². The van der Waals surface area contributed by atoms with Crippen LogP contribution in [0.5, 0.6) is 0 Å². The monoisotopic (exact) mass is 362 g/mol. The number of anilines is 1. The van der Waals surface area contributed by atoms with Crippen molar-refractivity contribution < 1.29 is 9.21 Å². The summed E-state index contributed by atoms with van der Waals surface area (Å²) in [6.07, 6.45) is 8.07. The van der Waals surface area contributed by atoms with E-state index in [1.165, 1.54) is 32.1 Å². The summed E-state index contributed by atoms with van der Waals surface area (Å²) < 4.78 is 5.92. The van der Waals surface area contributed by atoms with Gasteiger partial charge in [0.15, 0.2) is 5.58 Å². The molecule has 1 saturated carbocycles. The molecular formula is C23H26N2O2. The van der Waals surface area contributed by atoms with Crippen LogP contribution < -0.4 is 5.32 Å². The van der Waals surface area contributed by atoms with Crippen molar-refractivity contribution >= 4 is 22.7 Å². The number of carbonyl (C=O) groups is 1. The Morgan fingerprint density at radius 2 is 1.96 bits per heavy atom. The van der Waals surface area contributed by atoms with E-state index in [1.54, 1.807) is 0 Å². The SMILES string of the molecule is Cc1ccc2oc(-c3ccccc3NC(=O)CCC3CCCCC3)nc2c1. The van der Waals surface area contributed by atoms with Gasteiger partial charge >= 0.3 is 0 Å². The summed E-state index contributed by atoms with van der Waals surface area (Å²) in [7, 11) is 0. The molecule has 0 unspecified atom stereocenters. The van der Waals surface area contributed by atoms with Gasteiger partial charge in [0.25, 0.3) is 0 Å². The highest BCUT2D eigenvalue weighted by atomic mass is 16.3. The number of rotatable bonds is 5. The van der Waals surface area contributed by atoms with E-state index in [1.807, 2.05) is 49.4 Å². The van der Waals surface area contributed by atoms with Crippen molar-refractivity contribution in [3.05, 3.63) is 48.0 Å². The zero-order valence-corrected chi connectivity index (χ0v) is 15.8. The van der Waals surface area contributed by atoms with Crippen LogP contribution in [0.25, 0.3) is 22.6 Å². The van der Waals surface area contributed by atoms with Crippen LogP contribution in [-0.4, -0.2) is 10.9 Å². The zero-order valence-electron chi connectivity index (χ0n) is 15.8. The number of aromatic nitrogens is 1. The van der Waals surface area contributed by atoms with Crippen molar-refractivity contribution in [2.45, 2.75) is 51.9 Å². The number of carbonyl (C=O) groups excluding carboxylic acids is 1. The lowest BCUT2D eigenvalue weighted by Gasteiger charge is -2.21. The fourth-order valence-corrected chi connectivity index (χ4v) is 3.96. The Balaban J connectivity index is 1.49. The summed E-state index contributed by atoms with van der Waals surface area (Å²) >= 11 is 0. The molecule has 1 N–H and O–H groups in total. The first-order valence-electron chi connectivity index (χ1n) is 9.95. The van der Waals surface area contributed by atoms with Crippen molar-refractivity contribution in [1.29, 1.82) is 0 Å². The van der Waals surface area contributed by atoms with Gasteiger partial charge in [-0.25, -0.2) is 4.98 Å². The van der Waals surface area contributed by atoms with E-state index in [4.69, 9.17) is 4.42 Å². The molecule has 1 fully saturated rings. The summed E-state index contributed by atoms with van der Waals surface area (Å²) in [5.74, 6) is 1.32. The van der Waals surface area contributed by atoms with E-state index >= 15 is 0 Å². The highest BCUT2D eigenvalue weighted by molar-refractivity contribution is 5.95. The van der Waals surface area contributed by atoms with Crippen LogP contribution in [0.4, 0.5) is 5.69 Å². The summed E-state index contributed by atoms with van der Waals surface area (Å²) in [5.41, 5.74) is 4.32. The second kappa shape index (κ2) is 7.95. The topological polar surface area (TPSA) is 55.1 Å². The molecule has 4 nitrogen and oxygen atoms in total. The lowest BCUT2D eigenvalue weighted by atomic mass is 9.86. The first-order valence-corrected chi connectivity index (χ1v) is 9.95. The third-order valence-corrected chi connectivity index (χ3v) is 5.48. The maximum atomic E-state index is 12.5. The van der Waals surface area contributed by atoms with Gasteiger partial charge in [-0.2, -0.15) is 0 Å². The standard InChI is InChI=1S/C23H26N2O2/c1-16-11-13-21-20(15-16)25-23(27-21)18-9-5-6-10-19(18)24-22(26)14-12-17-7-3-2-4-8-17/h5-6,9-11,13,15,17H,2-4,7-8,12,14H2,1H3,(H,24,26). The molecule has 3 aromatic rings. The fourth-order valence-electron chi connectivity index (χ4n) is 3.96.